The summed E-state index contributed by atoms with van der Waals surface area (Å²) in [5.74, 6) is 0.609. The minimum atomic E-state index is -4.31. The number of aryl methyl sites for hydroxylation is 1. The van der Waals surface area contributed by atoms with E-state index in [0.717, 1.165) is 42.8 Å². The molecule has 20 heavy (non-hydrogen) atoms. The number of nitrogens with one attached hydrogen (secondary N) is 1. The molecule has 1 aliphatic rings. The second-order valence-corrected chi connectivity index (χ2v) is 5.09. The lowest BCUT2D eigenvalue weighted by atomic mass is 9.97. The van der Waals surface area contributed by atoms with Crippen molar-refractivity contribution in [2.75, 3.05) is 0 Å². The van der Waals surface area contributed by atoms with Gasteiger partial charge in [-0.1, -0.05) is 12.1 Å². The lowest BCUT2D eigenvalue weighted by Crippen LogP contribution is -2.27. The zero-order chi connectivity index (χ0) is 14.3. The van der Waals surface area contributed by atoms with Crippen molar-refractivity contribution in [2.24, 2.45) is 5.73 Å². The van der Waals surface area contributed by atoms with Gasteiger partial charge in [-0.3, -0.25) is 0 Å². The molecule has 0 saturated carbocycles. The number of fused-ring (bicyclic) bond motifs is 1. The van der Waals surface area contributed by atoms with E-state index in [0.29, 0.717) is 11.4 Å². The third-order valence-corrected chi connectivity index (χ3v) is 3.57. The van der Waals surface area contributed by atoms with E-state index in [2.05, 4.69) is 9.97 Å². The van der Waals surface area contributed by atoms with Gasteiger partial charge in [0.05, 0.1) is 11.3 Å². The molecule has 0 radical (unpaired) electrons. The smallest absolute Gasteiger partial charge is 0.342 e. The second-order valence-electron chi connectivity index (χ2n) is 5.09. The zero-order valence-corrected chi connectivity index (χ0v) is 10.7. The number of hydrogen-bond acceptors (Lipinski definition) is 2. The molecule has 3 rings (SSSR count). The van der Waals surface area contributed by atoms with Gasteiger partial charge in [0.2, 0.25) is 0 Å². The summed E-state index contributed by atoms with van der Waals surface area (Å²) in [6.45, 7) is 0. The molecule has 0 saturated heterocycles. The van der Waals surface area contributed by atoms with E-state index in [4.69, 9.17) is 5.73 Å². The number of rotatable bonds is 1. The lowest BCUT2D eigenvalue weighted by molar-refractivity contribution is -0.137. The van der Waals surface area contributed by atoms with Gasteiger partial charge in [-0.25, -0.2) is 4.98 Å². The first kappa shape index (κ1) is 13.2. The molecule has 3 N–H and O–H groups in total. The molecule has 1 aromatic carbocycles. The highest BCUT2D eigenvalue weighted by atomic mass is 19.4. The topological polar surface area (TPSA) is 54.7 Å². The molecule has 1 aliphatic carbocycles. The van der Waals surface area contributed by atoms with Crippen molar-refractivity contribution in [3.05, 3.63) is 41.2 Å². The number of benzene rings is 1. The van der Waals surface area contributed by atoms with Crippen LogP contribution in [-0.4, -0.2) is 16.0 Å². The van der Waals surface area contributed by atoms with Crippen LogP contribution in [0.25, 0.3) is 11.4 Å². The third-order valence-electron chi connectivity index (χ3n) is 3.57. The standard InChI is InChI=1S/C14H14F3N3/c15-14(16,17)9-3-1-8(2-4-9)13-19-11-6-5-10(18)7-12(11)20-13/h1-4,10H,5-7,18H2,(H,19,20). The Bertz CT molecular complexity index is 614. The molecule has 106 valence electrons. The molecule has 1 atom stereocenters. The summed E-state index contributed by atoms with van der Waals surface area (Å²) in [4.78, 5) is 7.62. The Balaban J connectivity index is 1.90. The highest BCUT2D eigenvalue weighted by molar-refractivity contribution is 5.57. The number of nitrogens with zero attached hydrogens (tertiary/aromatic N) is 1. The summed E-state index contributed by atoms with van der Waals surface area (Å²) in [5, 5.41) is 0. The Hall–Kier alpha value is -1.82. The van der Waals surface area contributed by atoms with Crippen LogP contribution in [-0.2, 0) is 19.0 Å². The molecule has 3 nitrogen and oxygen atoms in total. The quantitative estimate of drug-likeness (QED) is 0.844. The maximum atomic E-state index is 12.5. The Labute approximate surface area is 114 Å². The second kappa shape index (κ2) is 4.63. The van der Waals surface area contributed by atoms with Gasteiger partial charge in [0.15, 0.2) is 0 Å². The molecule has 2 aromatic rings. The number of hydrogen-bond donors (Lipinski definition) is 2. The zero-order valence-electron chi connectivity index (χ0n) is 10.7. The van der Waals surface area contributed by atoms with Crippen molar-refractivity contribution in [1.29, 1.82) is 0 Å². The largest absolute Gasteiger partial charge is 0.416 e. The fourth-order valence-corrected chi connectivity index (χ4v) is 2.46. The monoisotopic (exact) mass is 281 g/mol. The summed E-state index contributed by atoms with van der Waals surface area (Å²) in [6, 6.07) is 5.15. The maximum absolute atomic E-state index is 12.5. The van der Waals surface area contributed by atoms with E-state index >= 15 is 0 Å². The summed E-state index contributed by atoms with van der Waals surface area (Å²) in [6.07, 6.45) is -1.87. The highest BCUT2D eigenvalue weighted by Gasteiger charge is 2.30. The van der Waals surface area contributed by atoms with Gasteiger partial charge < -0.3 is 10.7 Å². The number of aromatic nitrogens is 2. The first-order valence-corrected chi connectivity index (χ1v) is 6.44. The highest BCUT2D eigenvalue weighted by Crippen LogP contribution is 2.31. The Morgan fingerprint density at radius 3 is 2.55 bits per heavy atom. The number of halogens is 3. The molecule has 1 heterocycles. The fourth-order valence-electron chi connectivity index (χ4n) is 2.46. The van der Waals surface area contributed by atoms with Gasteiger partial charge in [0.1, 0.15) is 5.82 Å². The van der Waals surface area contributed by atoms with E-state index in [1.54, 1.807) is 0 Å². The summed E-state index contributed by atoms with van der Waals surface area (Å²) < 4.78 is 37.5. The van der Waals surface area contributed by atoms with Gasteiger partial charge >= 0.3 is 6.18 Å². The van der Waals surface area contributed by atoms with Gasteiger partial charge in [0.25, 0.3) is 0 Å². The molecule has 0 spiro atoms. The Morgan fingerprint density at radius 2 is 1.90 bits per heavy atom. The van der Waals surface area contributed by atoms with Crippen LogP contribution in [0.1, 0.15) is 23.4 Å². The van der Waals surface area contributed by atoms with Gasteiger partial charge in [-0.2, -0.15) is 13.2 Å². The molecule has 0 amide bonds. The van der Waals surface area contributed by atoms with Crippen molar-refractivity contribution in [2.45, 2.75) is 31.5 Å². The van der Waals surface area contributed by atoms with Crippen molar-refractivity contribution >= 4 is 0 Å². The van der Waals surface area contributed by atoms with Crippen LogP contribution in [0.3, 0.4) is 0 Å². The number of nitrogens with two attached hydrogens (primary N) is 1. The minimum absolute atomic E-state index is 0.128. The molecule has 0 fully saturated rings. The molecule has 0 aliphatic heterocycles. The molecular weight excluding hydrogens is 267 g/mol. The number of imidazole rings is 1. The van der Waals surface area contributed by atoms with E-state index in [-0.39, 0.29) is 6.04 Å². The third kappa shape index (κ3) is 2.43. The molecule has 6 heteroatoms. The average molecular weight is 281 g/mol. The van der Waals surface area contributed by atoms with E-state index < -0.39 is 11.7 Å². The van der Waals surface area contributed by atoms with E-state index in [9.17, 15) is 13.2 Å². The van der Waals surface area contributed by atoms with Crippen molar-refractivity contribution < 1.29 is 13.2 Å². The fraction of sp³-hybridized carbons (Fsp3) is 0.357. The Morgan fingerprint density at radius 1 is 1.20 bits per heavy atom. The molecule has 0 bridgehead atoms. The van der Waals surface area contributed by atoms with E-state index in [1.165, 1.54) is 12.1 Å². The summed E-state index contributed by atoms with van der Waals surface area (Å²) in [5.41, 5.74) is 7.87. The first-order chi connectivity index (χ1) is 9.43. The average Bonchev–Trinajstić information content (AvgIpc) is 2.80. The number of aromatic amines is 1. The molecule has 1 aromatic heterocycles. The minimum Gasteiger partial charge on any atom is -0.342 e. The molecular formula is C14H14F3N3. The van der Waals surface area contributed by atoms with Gasteiger partial charge in [0, 0.05) is 23.7 Å². The normalized spacial score (nSPS) is 18.9. The summed E-state index contributed by atoms with van der Waals surface area (Å²) in [7, 11) is 0. The van der Waals surface area contributed by atoms with Crippen molar-refractivity contribution in [3.63, 3.8) is 0 Å². The lowest BCUT2D eigenvalue weighted by Gasteiger charge is -2.15. The van der Waals surface area contributed by atoms with Crippen molar-refractivity contribution in [3.8, 4) is 11.4 Å². The molecule has 1 unspecified atom stereocenters. The maximum Gasteiger partial charge on any atom is 0.416 e. The Kier molecular flexibility index (Phi) is 3.05. The van der Waals surface area contributed by atoms with Gasteiger partial charge in [-0.05, 0) is 25.0 Å². The van der Waals surface area contributed by atoms with Crippen molar-refractivity contribution in [1.82, 2.24) is 9.97 Å². The van der Waals surface area contributed by atoms with Crippen LogP contribution in [0.5, 0.6) is 0 Å². The first-order valence-electron chi connectivity index (χ1n) is 6.44. The number of H-pyrrole nitrogens is 1. The van der Waals surface area contributed by atoms with Crippen LogP contribution in [0.4, 0.5) is 13.2 Å². The van der Waals surface area contributed by atoms with Crippen LogP contribution in [0.2, 0.25) is 0 Å². The van der Waals surface area contributed by atoms with Crippen LogP contribution >= 0.6 is 0 Å². The predicted octanol–water partition coefficient (Wildman–Crippen LogP) is 2.91. The predicted molar refractivity (Wildman–Crippen MR) is 69.0 cm³/mol. The SMILES string of the molecule is NC1CCc2nc(-c3ccc(C(F)(F)F)cc3)[nH]c2C1. The van der Waals surface area contributed by atoms with Gasteiger partial charge in [-0.15, -0.1) is 0 Å². The van der Waals surface area contributed by atoms with Crippen LogP contribution in [0.15, 0.2) is 24.3 Å². The summed E-state index contributed by atoms with van der Waals surface area (Å²) >= 11 is 0. The number of alkyl halides is 3. The van der Waals surface area contributed by atoms with Crippen LogP contribution in [0, 0.1) is 0 Å². The van der Waals surface area contributed by atoms with Crippen LogP contribution < -0.4 is 5.73 Å². The van der Waals surface area contributed by atoms with E-state index in [1.807, 2.05) is 0 Å².